The molecule has 0 aromatic heterocycles. The Bertz CT molecular complexity index is 446. The Labute approximate surface area is 140 Å². The first-order chi connectivity index (χ1) is 11.2. The normalized spacial score (nSPS) is 12.8. The molecule has 2 N–H and O–H groups in total. The Morgan fingerprint density at radius 1 is 1.26 bits per heavy atom. The number of benzene rings is 1. The second-order valence-corrected chi connectivity index (χ2v) is 5.60. The van der Waals surface area contributed by atoms with Gasteiger partial charge in [-0.25, -0.2) is 0 Å². The second-order valence-electron chi connectivity index (χ2n) is 5.60. The number of guanidine groups is 1. The van der Waals surface area contributed by atoms with E-state index in [1.54, 1.807) is 14.2 Å². The summed E-state index contributed by atoms with van der Waals surface area (Å²) in [6, 6.07) is 8.54. The van der Waals surface area contributed by atoms with Gasteiger partial charge in [-0.2, -0.15) is 0 Å². The molecular formula is C18H31N3O2. The molecular weight excluding hydrogens is 290 g/mol. The van der Waals surface area contributed by atoms with Crippen LogP contribution in [0.25, 0.3) is 0 Å². The Kier molecular flexibility index (Phi) is 9.87. The van der Waals surface area contributed by atoms with E-state index in [0.717, 1.165) is 44.1 Å². The van der Waals surface area contributed by atoms with Crippen molar-refractivity contribution in [3.8, 4) is 5.75 Å². The predicted octanol–water partition coefficient (Wildman–Crippen LogP) is 2.61. The maximum Gasteiger partial charge on any atom is 0.191 e. The van der Waals surface area contributed by atoms with Crippen LogP contribution < -0.4 is 15.4 Å². The van der Waals surface area contributed by atoms with Gasteiger partial charge >= 0.3 is 0 Å². The highest BCUT2D eigenvalue weighted by molar-refractivity contribution is 5.79. The van der Waals surface area contributed by atoms with E-state index in [9.17, 15) is 0 Å². The summed E-state index contributed by atoms with van der Waals surface area (Å²) in [7, 11) is 3.47. The van der Waals surface area contributed by atoms with Gasteiger partial charge in [-0.1, -0.05) is 25.5 Å². The molecule has 1 unspecified atom stereocenters. The first kappa shape index (κ1) is 19.3. The van der Waals surface area contributed by atoms with Crippen LogP contribution in [0.4, 0.5) is 0 Å². The van der Waals surface area contributed by atoms with Crippen molar-refractivity contribution in [1.29, 1.82) is 0 Å². The third-order valence-corrected chi connectivity index (χ3v) is 3.42. The molecule has 130 valence electrons. The van der Waals surface area contributed by atoms with E-state index in [4.69, 9.17) is 9.47 Å². The van der Waals surface area contributed by atoms with Crippen LogP contribution in [0.3, 0.4) is 0 Å². The van der Waals surface area contributed by atoms with Gasteiger partial charge in [0.1, 0.15) is 5.75 Å². The van der Waals surface area contributed by atoms with E-state index in [0.29, 0.717) is 6.61 Å². The molecule has 5 heteroatoms. The monoisotopic (exact) mass is 321 g/mol. The summed E-state index contributed by atoms with van der Waals surface area (Å²) >= 11 is 0. The number of nitrogens with zero attached hydrogens (tertiary/aromatic N) is 1. The summed E-state index contributed by atoms with van der Waals surface area (Å²) in [5.41, 5.74) is 1.28. The maximum atomic E-state index is 5.67. The Morgan fingerprint density at radius 3 is 2.61 bits per heavy atom. The average molecular weight is 321 g/mol. The van der Waals surface area contributed by atoms with Crippen molar-refractivity contribution in [2.45, 2.75) is 39.2 Å². The molecule has 0 amide bonds. The van der Waals surface area contributed by atoms with Crippen LogP contribution in [0.15, 0.2) is 29.3 Å². The molecule has 1 rings (SSSR count). The number of ether oxygens (including phenoxy) is 2. The molecule has 0 aliphatic carbocycles. The van der Waals surface area contributed by atoms with Crippen LogP contribution in [-0.2, 0) is 11.2 Å². The fourth-order valence-electron chi connectivity index (χ4n) is 2.13. The highest BCUT2D eigenvalue weighted by Gasteiger charge is 2.04. The number of hydrogen-bond donors (Lipinski definition) is 2. The van der Waals surface area contributed by atoms with Crippen molar-refractivity contribution in [1.82, 2.24) is 10.6 Å². The smallest absolute Gasteiger partial charge is 0.191 e. The lowest BCUT2D eigenvalue weighted by Gasteiger charge is -2.17. The number of aliphatic imine (C=N–C) groups is 1. The van der Waals surface area contributed by atoms with Crippen LogP contribution in [-0.4, -0.2) is 45.9 Å². The number of methoxy groups -OCH3 is 1. The molecule has 0 spiro atoms. The minimum atomic E-state index is 0.228. The summed E-state index contributed by atoms with van der Waals surface area (Å²) in [5, 5.41) is 6.60. The highest BCUT2D eigenvalue weighted by Crippen LogP contribution is 2.12. The molecule has 0 saturated heterocycles. The van der Waals surface area contributed by atoms with E-state index < -0.39 is 0 Å². The van der Waals surface area contributed by atoms with Gasteiger partial charge in [0, 0.05) is 26.7 Å². The SMILES string of the molecule is CCCCOc1ccc(CCNC(=NC)NC(C)COC)cc1. The van der Waals surface area contributed by atoms with Crippen molar-refractivity contribution in [3.05, 3.63) is 29.8 Å². The van der Waals surface area contributed by atoms with Gasteiger partial charge in [0.05, 0.1) is 13.2 Å². The average Bonchev–Trinajstić information content (AvgIpc) is 2.56. The van der Waals surface area contributed by atoms with Gasteiger partial charge in [-0.15, -0.1) is 0 Å². The number of rotatable bonds is 10. The van der Waals surface area contributed by atoms with Crippen molar-refractivity contribution < 1.29 is 9.47 Å². The zero-order valence-electron chi connectivity index (χ0n) is 14.9. The molecule has 0 radical (unpaired) electrons. The van der Waals surface area contributed by atoms with Crippen LogP contribution in [0.2, 0.25) is 0 Å². The summed E-state index contributed by atoms with van der Waals surface area (Å²) in [6.45, 7) is 6.50. The standard InChI is InChI=1S/C18H31N3O2/c1-5-6-13-23-17-9-7-16(8-10-17)11-12-20-18(19-3)21-15(2)14-22-4/h7-10,15H,5-6,11-14H2,1-4H3,(H2,19,20,21). The van der Waals surface area contributed by atoms with Gasteiger partial charge in [0.2, 0.25) is 0 Å². The molecule has 0 aliphatic rings. The van der Waals surface area contributed by atoms with E-state index in [1.165, 1.54) is 5.56 Å². The number of hydrogen-bond acceptors (Lipinski definition) is 3. The maximum absolute atomic E-state index is 5.67. The minimum Gasteiger partial charge on any atom is -0.494 e. The lowest BCUT2D eigenvalue weighted by molar-refractivity contribution is 0.179. The van der Waals surface area contributed by atoms with Crippen molar-refractivity contribution in [2.24, 2.45) is 4.99 Å². The predicted molar refractivity (Wildman–Crippen MR) is 96.4 cm³/mol. The van der Waals surface area contributed by atoms with Crippen LogP contribution in [0.1, 0.15) is 32.3 Å². The van der Waals surface area contributed by atoms with Gasteiger partial charge in [0.25, 0.3) is 0 Å². The van der Waals surface area contributed by atoms with Crippen LogP contribution in [0, 0.1) is 0 Å². The molecule has 1 aromatic rings. The lowest BCUT2D eigenvalue weighted by atomic mass is 10.1. The number of unbranched alkanes of at least 4 members (excludes halogenated alkanes) is 1. The van der Waals surface area contributed by atoms with Crippen LogP contribution in [0.5, 0.6) is 5.75 Å². The third-order valence-electron chi connectivity index (χ3n) is 3.42. The van der Waals surface area contributed by atoms with E-state index >= 15 is 0 Å². The largest absolute Gasteiger partial charge is 0.494 e. The first-order valence-electron chi connectivity index (χ1n) is 8.37. The summed E-state index contributed by atoms with van der Waals surface area (Å²) in [5.74, 6) is 1.75. The second kappa shape index (κ2) is 11.8. The zero-order chi connectivity index (χ0) is 16.9. The van der Waals surface area contributed by atoms with Gasteiger partial charge in [0.15, 0.2) is 5.96 Å². The van der Waals surface area contributed by atoms with Gasteiger partial charge in [-0.05, 0) is 37.5 Å². The quantitative estimate of drug-likeness (QED) is 0.395. The molecule has 1 aromatic carbocycles. The topological polar surface area (TPSA) is 54.9 Å². The number of nitrogens with one attached hydrogen (secondary N) is 2. The third kappa shape index (κ3) is 8.45. The molecule has 0 aliphatic heterocycles. The molecule has 0 fully saturated rings. The Hall–Kier alpha value is -1.75. The van der Waals surface area contributed by atoms with E-state index in [2.05, 4.69) is 41.6 Å². The summed E-state index contributed by atoms with van der Waals surface area (Å²) < 4.78 is 10.8. The Balaban J connectivity index is 2.31. The lowest BCUT2D eigenvalue weighted by Crippen LogP contribution is -2.44. The van der Waals surface area contributed by atoms with E-state index in [-0.39, 0.29) is 6.04 Å². The summed E-state index contributed by atoms with van der Waals surface area (Å²) in [4.78, 5) is 4.22. The van der Waals surface area contributed by atoms with E-state index in [1.807, 2.05) is 12.1 Å². The van der Waals surface area contributed by atoms with Crippen molar-refractivity contribution in [3.63, 3.8) is 0 Å². The van der Waals surface area contributed by atoms with Crippen LogP contribution >= 0.6 is 0 Å². The van der Waals surface area contributed by atoms with Gasteiger partial charge in [-0.3, -0.25) is 4.99 Å². The Morgan fingerprint density at radius 2 is 2.00 bits per heavy atom. The zero-order valence-corrected chi connectivity index (χ0v) is 14.9. The van der Waals surface area contributed by atoms with Crippen molar-refractivity contribution in [2.75, 3.05) is 33.9 Å². The van der Waals surface area contributed by atoms with Gasteiger partial charge < -0.3 is 20.1 Å². The molecule has 0 bridgehead atoms. The minimum absolute atomic E-state index is 0.228. The van der Waals surface area contributed by atoms with Crippen molar-refractivity contribution >= 4 is 5.96 Å². The molecule has 5 nitrogen and oxygen atoms in total. The molecule has 23 heavy (non-hydrogen) atoms. The molecule has 0 heterocycles. The summed E-state index contributed by atoms with van der Waals surface area (Å²) in [6.07, 6.45) is 3.19. The fourth-order valence-corrected chi connectivity index (χ4v) is 2.13. The molecule has 0 saturated carbocycles. The molecule has 1 atom stereocenters. The fraction of sp³-hybridized carbons (Fsp3) is 0.611. The highest BCUT2D eigenvalue weighted by atomic mass is 16.5. The first-order valence-corrected chi connectivity index (χ1v) is 8.37.